The minimum atomic E-state index is 1.62. The molecule has 0 bridgehead atoms. The Hall–Kier alpha value is -2.22. The maximum absolute atomic E-state index is 6.50. The van der Waals surface area contributed by atoms with Crippen LogP contribution in [0.2, 0.25) is 0 Å². The van der Waals surface area contributed by atoms with Gasteiger partial charge in [0.05, 0.1) is 6.33 Å². The lowest BCUT2D eigenvalue weighted by atomic mass is 10.8. The SMILES string of the molecule is C#N.c1c[nH]cn1.c1cnccn1. The highest BCUT2D eigenvalue weighted by molar-refractivity contribution is 4.70. The molecule has 0 saturated carbocycles. The molecule has 0 atom stereocenters. The molecule has 0 unspecified atom stereocenters. The molecular formula is C8H9N5. The molecule has 13 heavy (non-hydrogen) atoms. The first-order chi connectivity index (χ1) is 6.50. The highest BCUT2D eigenvalue weighted by Crippen LogP contribution is 1.65. The monoisotopic (exact) mass is 175 g/mol. The van der Waals surface area contributed by atoms with Gasteiger partial charge in [0.1, 0.15) is 0 Å². The Morgan fingerprint density at radius 1 is 0.846 bits per heavy atom. The standard InChI is InChI=1S/C4H4N2.C3H4N2.CHN/c1-2-6-4-3-5-1;1-2-5-3-4-1;1-2/h1-4H;1-3H,(H,4,5);1H. The van der Waals surface area contributed by atoms with Crippen LogP contribution in [-0.4, -0.2) is 19.9 Å². The highest BCUT2D eigenvalue weighted by atomic mass is 14.8. The summed E-state index contributed by atoms with van der Waals surface area (Å²) in [6.07, 6.45) is 11.6. The number of rotatable bonds is 0. The summed E-state index contributed by atoms with van der Waals surface area (Å²) in [6, 6.07) is 0. The number of hydrogen-bond donors (Lipinski definition) is 1. The van der Waals surface area contributed by atoms with Gasteiger partial charge in [-0.15, -0.1) is 0 Å². The molecule has 5 heteroatoms. The lowest BCUT2D eigenvalue weighted by Crippen LogP contribution is -1.66. The van der Waals surface area contributed by atoms with Crippen molar-refractivity contribution in [2.45, 2.75) is 0 Å². The summed E-state index contributed by atoms with van der Waals surface area (Å²) in [7, 11) is 0. The van der Waals surface area contributed by atoms with Crippen LogP contribution in [0.5, 0.6) is 0 Å². The van der Waals surface area contributed by atoms with Gasteiger partial charge in [-0.2, -0.15) is 0 Å². The average Bonchev–Trinajstić information content (AvgIpc) is 2.82. The van der Waals surface area contributed by atoms with E-state index in [2.05, 4.69) is 26.5 Å². The molecule has 2 rings (SSSR count). The first-order valence-electron chi connectivity index (χ1n) is 3.38. The summed E-state index contributed by atoms with van der Waals surface area (Å²) in [5, 5.41) is 6.50. The zero-order chi connectivity index (χ0) is 9.78. The van der Waals surface area contributed by atoms with E-state index in [9.17, 15) is 0 Å². The number of aromatic amines is 1. The molecule has 1 N–H and O–H groups in total. The Morgan fingerprint density at radius 2 is 1.38 bits per heavy atom. The molecule has 0 aliphatic carbocycles. The van der Waals surface area contributed by atoms with Gasteiger partial charge >= 0.3 is 0 Å². The van der Waals surface area contributed by atoms with Crippen LogP contribution in [0.15, 0.2) is 43.5 Å². The largest absolute Gasteiger partial charge is 0.351 e. The van der Waals surface area contributed by atoms with E-state index in [1.807, 2.05) is 0 Å². The summed E-state index contributed by atoms with van der Waals surface area (Å²) in [6.45, 7) is 3.50. The average molecular weight is 175 g/mol. The molecule has 0 saturated heterocycles. The Balaban J connectivity index is 0.000000189. The fourth-order valence-corrected chi connectivity index (χ4v) is 0.469. The van der Waals surface area contributed by atoms with Gasteiger partial charge in [0.15, 0.2) is 0 Å². The van der Waals surface area contributed by atoms with Crippen LogP contribution in [0.3, 0.4) is 0 Å². The van der Waals surface area contributed by atoms with Crippen LogP contribution >= 0.6 is 0 Å². The molecule has 2 aromatic rings. The normalized spacial score (nSPS) is 6.92. The van der Waals surface area contributed by atoms with Crippen molar-refractivity contribution in [1.29, 1.82) is 5.26 Å². The number of aromatic nitrogens is 4. The Bertz CT molecular complexity index is 232. The second kappa shape index (κ2) is 9.78. The van der Waals surface area contributed by atoms with Gasteiger partial charge in [0.25, 0.3) is 0 Å². The summed E-state index contributed by atoms with van der Waals surface area (Å²) in [4.78, 5) is 13.9. The molecule has 0 fully saturated rings. The van der Waals surface area contributed by atoms with Gasteiger partial charge in [-0.25, -0.2) is 10.2 Å². The zero-order valence-corrected chi connectivity index (χ0v) is 6.91. The third-order valence-corrected chi connectivity index (χ3v) is 0.883. The first kappa shape index (κ1) is 10.8. The molecule has 0 aliphatic rings. The van der Waals surface area contributed by atoms with Gasteiger partial charge in [-0.05, 0) is 0 Å². The molecule has 0 radical (unpaired) electrons. The Labute approximate surface area is 76.1 Å². The minimum absolute atomic E-state index is 1.62. The fraction of sp³-hybridized carbons (Fsp3) is 0. The van der Waals surface area contributed by atoms with Gasteiger partial charge in [0.2, 0.25) is 0 Å². The van der Waals surface area contributed by atoms with Crippen molar-refractivity contribution in [2.24, 2.45) is 0 Å². The molecule has 5 nitrogen and oxygen atoms in total. The van der Waals surface area contributed by atoms with Crippen LogP contribution in [0.1, 0.15) is 0 Å². The second-order valence-corrected chi connectivity index (χ2v) is 1.66. The summed E-state index contributed by atoms with van der Waals surface area (Å²) < 4.78 is 0. The number of nitrogens with zero attached hydrogens (tertiary/aromatic N) is 4. The number of hydrogen-bond acceptors (Lipinski definition) is 4. The van der Waals surface area contributed by atoms with Crippen LogP contribution in [0, 0.1) is 11.8 Å². The van der Waals surface area contributed by atoms with Gasteiger partial charge < -0.3 is 4.98 Å². The van der Waals surface area contributed by atoms with Crippen molar-refractivity contribution in [1.82, 2.24) is 19.9 Å². The van der Waals surface area contributed by atoms with E-state index >= 15 is 0 Å². The topological polar surface area (TPSA) is 78.2 Å². The minimum Gasteiger partial charge on any atom is -0.351 e. The van der Waals surface area contributed by atoms with Crippen LogP contribution in [-0.2, 0) is 0 Å². The summed E-state index contributed by atoms with van der Waals surface area (Å²) >= 11 is 0. The number of nitriles is 1. The zero-order valence-electron chi connectivity index (χ0n) is 6.91. The van der Waals surface area contributed by atoms with E-state index in [1.165, 1.54) is 0 Å². The second-order valence-electron chi connectivity index (χ2n) is 1.66. The molecule has 66 valence electrons. The smallest absolute Gasteiger partial charge is 0.0919 e. The van der Waals surface area contributed by atoms with Crippen molar-refractivity contribution >= 4 is 0 Å². The van der Waals surface area contributed by atoms with Crippen molar-refractivity contribution in [3.63, 3.8) is 0 Å². The van der Waals surface area contributed by atoms with Gasteiger partial charge in [0, 0.05) is 43.8 Å². The Morgan fingerprint density at radius 3 is 1.54 bits per heavy atom. The number of imidazole rings is 1. The van der Waals surface area contributed by atoms with Crippen molar-refractivity contribution in [2.75, 3.05) is 0 Å². The molecule has 0 aromatic carbocycles. The molecule has 2 heterocycles. The Kier molecular flexibility index (Phi) is 8.11. The number of nitrogens with one attached hydrogen (secondary N) is 1. The maximum Gasteiger partial charge on any atom is 0.0919 e. The van der Waals surface area contributed by atoms with Crippen molar-refractivity contribution < 1.29 is 0 Å². The third kappa shape index (κ3) is 7.68. The van der Waals surface area contributed by atoms with Crippen molar-refractivity contribution in [3.8, 4) is 6.57 Å². The van der Waals surface area contributed by atoms with Crippen LogP contribution in [0.4, 0.5) is 0 Å². The van der Waals surface area contributed by atoms with E-state index in [1.54, 1.807) is 43.5 Å². The maximum atomic E-state index is 6.50. The fourth-order valence-electron chi connectivity index (χ4n) is 0.469. The molecule has 0 aliphatic heterocycles. The lowest BCUT2D eigenvalue weighted by Gasteiger charge is -1.70. The molecule has 2 aromatic heterocycles. The molecular weight excluding hydrogens is 166 g/mol. The van der Waals surface area contributed by atoms with E-state index in [-0.39, 0.29) is 0 Å². The van der Waals surface area contributed by atoms with Gasteiger partial charge in [-0.3, -0.25) is 9.97 Å². The molecule has 0 amide bonds. The van der Waals surface area contributed by atoms with Crippen LogP contribution in [0.25, 0.3) is 0 Å². The van der Waals surface area contributed by atoms with E-state index in [4.69, 9.17) is 5.26 Å². The summed E-state index contributed by atoms with van der Waals surface area (Å²) in [5.74, 6) is 0. The van der Waals surface area contributed by atoms with E-state index in [0.717, 1.165) is 0 Å². The van der Waals surface area contributed by atoms with E-state index < -0.39 is 0 Å². The van der Waals surface area contributed by atoms with Crippen LogP contribution < -0.4 is 0 Å². The predicted molar refractivity (Wildman–Crippen MR) is 47.3 cm³/mol. The first-order valence-corrected chi connectivity index (χ1v) is 3.38. The quantitative estimate of drug-likeness (QED) is 0.648. The predicted octanol–water partition coefficient (Wildman–Crippen LogP) is 1.03. The van der Waals surface area contributed by atoms with Crippen molar-refractivity contribution in [3.05, 3.63) is 43.5 Å². The molecule has 0 spiro atoms. The third-order valence-electron chi connectivity index (χ3n) is 0.883. The summed E-state index contributed by atoms with van der Waals surface area (Å²) in [5.41, 5.74) is 0. The van der Waals surface area contributed by atoms with E-state index in [0.29, 0.717) is 0 Å². The van der Waals surface area contributed by atoms with Gasteiger partial charge in [-0.1, -0.05) is 0 Å². The lowest BCUT2D eigenvalue weighted by molar-refractivity contribution is 1.20. The number of H-pyrrole nitrogens is 1. The highest BCUT2D eigenvalue weighted by Gasteiger charge is 1.59.